The van der Waals surface area contributed by atoms with Gasteiger partial charge in [0.15, 0.2) is 17.2 Å². The van der Waals surface area contributed by atoms with Gasteiger partial charge in [0, 0.05) is 27.2 Å². The number of rotatable bonds is 10. The van der Waals surface area contributed by atoms with Gasteiger partial charge < -0.3 is 29.4 Å². The summed E-state index contributed by atoms with van der Waals surface area (Å²) < 4.78 is 28.6. The van der Waals surface area contributed by atoms with Crippen molar-refractivity contribution in [2.45, 2.75) is 25.9 Å². The summed E-state index contributed by atoms with van der Waals surface area (Å²) in [5.41, 5.74) is 8.60. The quantitative estimate of drug-likeness (QED) is 0.129. The van der Waals surface area contributed by atoms with E-state index in [0.29, 0.717) is 50.8 Å². The number of esters is 1. The predicted octanol–water partition coefficient (Wildman–Crippen LogP) is 9.11. The first-order chi connectivity index (χ1) is 22.1. The highest BCUT2D eigenvalue weighted by Gasteiger charge is 2.32. The van der Waals surface area contributed by atoms with Gasteiger partial charge >= 0.3 is 5.97 Å². The summed E-state index contributed by atoms with van der Waals surface area (Å²) in [4.78, 5) is 13.0. The van der Waals surface area contributed by atoms with E-state index in [-0.39, 0.29) is 39.4 Å². The van der Waals surface area contributed by atoms with Gasteiger partial charge in [-0.05, 0) is 54.4 Å². The molecule has 8 nitrogen and oxygen atoms in total. The number of nitrogens with zero attached hydrogens (tertiary/aromatic N) is 1. The second-order valence-corrected chi connectivity index (χ2v) is 11.7. The number of hydrogen-bond acceptors (Lipinski definition) is 8. The highest BCUT2D eigenvalue weighted by Crippen LogP contribution is 2.45. The summed E-state index contributed by atoms with van der Waals surface area (Å²) in [5, 5.41) is 11.4. The predicted molar refractivity (Wildman–Crippen MR) is 177 cm³/mol. The Bertz CT molecular complexity index is 1870. The molecule has 0 fully saturated rings. The van der Waals surface area contributed by atoms with Crippen molar-refractivity contribution in [3.63, 3.8) is 0 Å². The van der Waals surface area contributed by atoms with E-state index >= 15 is 0 Å². The molecule has 0 radical (unpaired) electrons. The Hall–Kier alpha value is -4.26. The first kappa shape index (κ1) is 33.1. The zero-order valence-electron chi connectivity index (χ0n) is 24.5. The summed E-state index contributed by atoms with van der Waals surface area (Å²) in [6.07, 6.45) is 0.765. The SMILES string of the molecule is CCCOc1c(Cl)cc(C(=O)Oc2ccc3c(c2)OC(N)=C(C#N)C3c2ccc(OCc3ccc(Cl)cc3Cl)c(OC)c2)cc1Cl. The highest BCUT2D eigenvalue weighted by atomic mass is 35.5. The van der Waals surface area contributed by atoms with Crippen molar-refractivity contribution in [3.05, 3.63) is 121 Å². The number of methoxy groups -OCH3 is 1. The topological polar surface area (TPSA) is 113 Å². The van der Waals surface area contributed by atoms with Crippen molar-refractivity contribution in [1.82, 2.24) is 0 Å². The van der Waals surface area contributed by atoms with Crippen LogP contribution in [0.4, 0.5) is 0 Å². The molecule has 1 aliphatic heterocycles. The van der Waals surface area contributed by atoms with Gasteiger partial charge in [0.2, 0.25) is 5.88 Å². The molecule has 46 heavy (non-hydrogen) atoms. The maximum atomic E-state index is 13.0. The molecule has 5 rings (SSSR count). The maximum Gasteiger partial charge on any atom is 0.343 e. The van der Waals surface area contributed by atoms with Crippen LogP contribution >= 0.6 is 46.4 Å². The highest BCUT2D eigenvalue weighted by molar-refractivity contribution is 6.37. The van der Waals surface area contributed by atoms with E-state index in [1.807, 2.05) is 6.92 Å². The van der Waals surface area contributed by atoms with Gasteiger partial charge in [0.05, 0.1) is 35.2 Å². The van der Waals surface area contributed by atoms with E-state index < -0.39 is 11.9 Å². The van der Waals surface area contributed by atoms with Crippen molar-refractivity contribution in [2.24, 2.45) is 5.73 Å². The number of benzene rings is 4. The molecule has 1 atom stereocenters. The number of nitrogens with two attached hydrogens (primary N) is 1. The summed E-state index contributed by atoms with van der Waals surface area (Å²) in [5.74, 6) is 0.293. The summed E-state index contributed by atoms with van der Waals surface area (Å²) in [6, 6.07) is 20.3. The first-order valence-electron chi connectivity index (χ1n) is 13.9. The third-order valence-electron chi connectivity index (χ3n) is 7.00. The number of nitriles is 1. The molecule has 0 bridgehead atoms. The molecule has 4 aromatic rings. The molecule has 0 saturated carbocycles. The molecule has 0 spiro atoms. The molecule has 12 heteroatoms. The molecule has 4 aromatic carbocycles. The molecule has 0 amide bonds. The van der Waals surface area contributed by atoms with E-state index in [0.717, 1.165) is 12.0 Å². The molecule has 1 unspecified atom stereocenters. The second kappa shape index (κ2) is 14.4. The molecule has 1 aliphatic rings. The standard InChI is InChI=1S/C34H26Cl4N2O6/c1-3-10-43-32-26(37)11-20(12-27(32)38)34(41)45-22-7-8-23-29(15-22)46-33(40)24(16-39)31(23)18-5-9-28(30(13-18)42-2)44-17-19-4-6-21(35)14-25(19)36/h4-9,11-15,31H,3,10,17,40H2,1-2H3. The van der Waals surface area contributed by atoms with Gasteiger partial charge in [-0.2, -0.15) is 5.26 Å². The van der Waals surface area contributed by atoms with Crippen LogP contribution in [-0.2, 0) is 6.61 Å². The second-order valence-electron chi connectivity index (χ2n) is 10.1. The molecule has 1 heterocycles. The molecular formula is C34H26Cl4N2O6. The van der Waals surface area contributed by atoms with Crippen LogP contribution in [0.25, 0.3) is 0 Å². The minimum Gasteiger partial charge on any atom is -0.493 e. The van der Waals surface area contributed by atoms with Gasteiger partial charge in [0.1, 0.15) is 29.7 Å². The smallest absolute Gasteiger partial charge is 0.343 e. The zero-order valence-corrected chi connectivity index (χ0v) is 27.6. The van der Waals surface area contributed by atoms with Gasteiger partial charge in [-0.3, -0.25) is 0 Å². The number of halogens is 4. The van der Waals surface area contributed by atoms with Crippen LogP contribution in [0.1, 0.15) is 46.3 Å². The molecule has 2 N–H and O–H groups in total. The molecular weight excluding hydrogens is 674 g/mol. The van der Waals surface area contributed by atoms with Crippen LogP contribution in [-0.4, -0.2) is 19.7 Å². The fraction of sp³-hybridized carbons (Fsp3) is 0.176. The Morgan fingerprint density at radius 1 is 0.935 bits per heavy atom. The molecule has 236 valence electrons. The van der Waals surface area contributed by atoms with Crippen LogP contribution in [0, 0.1) is 11.3 Å². The Morgan fingerprint density at radius 2 is 1.70 bits per heavy atom. The third-order valence-corrected chi connectivity index (χ3v) is 8.15. The average molecular weight is 700 g/mol. The van der Waals surface area contributed by atoms with Crippen LogP contribution in [0.15, 0.2) is 78.2 Å². The van der Waals surface area contributed by atoms with Gasteiger partial charge in [0.25, 0.3) is 0 Å². The number of allylic oxidation sites excluding steroid dienone is 1. The zero-order chi connectivity index (χ0) is 33.0. The van der Waals surface area contributed by atoms with Crippen molar-refractivity contribution < 1.29 is 28.5 Å². The number of hydrogen-bond donors (Lipinski definition) is 1. The monoisotopic (exact) mass is 698 g/mol. The van der Waals surface area contributed by atoms with Gasteiger partial charge in [-0.1, -0.05) is 71.5 Å². The Kier molecular flexibility index (Phi) is 10.4. The fourth-order valence-corrected chi connectivity index (χ4v) is 5.86. The number of carbonyl (C=O) groups is 1. The van der Waals surface area contributed by atoms with Crippen LogP contribution in [0.3, 0.4) is 0 Å². The normalized spacial score (nSPS) is 13.7. The third kappa shape index (κ3) is 7.09. The van der Waals surface area contributed by atoms with Crippen LogP contribution in [0.5, 0.6) is 28.7 Å². The van der Waals surface area contributed by atoms with E-state index in [4.69, 9.17) is 75.8 Å². The summed E-state index contributed by atoms with van der Waals surface area (Å²) in [7, 11) is 1.52. The van der Waals surface area contributed by atoms with Crippen LogP contribution < -0.4 is 29.4 Å². The average Bonchev–Trinajstić information content (AvgIpc) is 3.03. The number of ether oxygens (including phenoxy) is 5. The number of carbonyl (C=O) groups excluding carboxylic acids is 1. The Balaban J connectivity index is 1.40. The molecule has 0 saturated heterocycles. The largest absolute Gasteiger partial charge is 0.493 e. The summed E-state index contributed by atoms with van der Waals surface area (Å²) in [6.45, 7) is 2.56. The first-order valence-corrected chi connectivity index (χ1v) is 15.4. The molecule has 0 aliphatic carbocycles. The van der Waals surface area contributed by atoms with Gasteiger partial charge in [-0.15, -0.1) is 0 Å². The van der Waals surface area contributed by atoms with Crippen molar-refractivity contribution in [2.75, 3.05) is 13.7 Å². The lowest BCUT2D eigenvalue weighted by Crippen LogP contribution is -2.21. The molecule has 0 aromatic heterocycles. The van der Waals surface area contributed by atoms with Crippen LogP contribution in [0.2, 0.25) is 20.1 Å². The van der Waals surface area contributed by atoms with E-state index in [1.54, 1.807) is 48.5 Å². The Morgan fingerprint density at radius 3 is 2.37 bits per heavy atom. The van der Waals surface area contributed by atoms with E-state index in [1.165, 1.54) is 25.3 Å². The van der Waals surface area contributed by atoms with Crippen molar-refractivity contribution in [1.29, 1.82) is 5.26 Å². The van der Waals surface area contributed by atoms with Crippen molar-refractivity contribution >= 4 is 52.4 Å². The lowest BCUT2D eigenvalue weighted by molar-refractivity contribution is 0.0734. The summed E-state index contributed by atoms with van der Waals surface area (Å²) >= 11 is 24.9. The fourth-order valence-electron chi connectivity index (χ4n) is 4.81. The Labute approximate surface area is 285 Å². The van der Waals surface area contributed by atoms with Gasteiger partial charge in [-0.25, -0.2) is 4.79 Å². The number of fused-ring (bicyclic) bond motifs is 1. The van der Waals surface area contributed by atoms with Crippen molar-refractivity contribution in [3.8, 4) is 34.8 Å². The lowest BCUT2D eigenvalue weighted by atomic mass is 9.83. The lowest BCUT2D eigenvalue weighted by Gasteiger charge is -2.27. The maximum absolute atomic E-state index is 13.0. The van der Waals surface area contributed by atoms with E-state index in [2.05, 4.69) is 6.07 Å². The minimum absolute atomic E-state index is 0.0821. The van der Waals surface area contributed by atoms with E-state index in [9.17, 15) is 10.1 Å². The minimum atomic E-state index is -0.695.